The molecule has 2 saturated carbocycles. The van der Waals surface area contributed by atoms with Crippen molar-refractivity contribution < 1.29 is 19.8 Å². The van der Waals surface area contributed by atoms with Crippen LogP contribution >= 0.6 is 0 Å². The van der Waals surface area contributed by atoms with Crippen molar-refractivity contribution in [2.75, 3.05) is 0 Å². The number of hydrogen-bond acceptors (Lipinski definition) is 3. The highest BCUT2D eigenvalue weighted by Gasteiger charge is 2.38. The summed E-state index contributed by atoms with van der Waals surface area (Å²) < 4.78 is 0. The molecule has 0 spiro atoms. The minimum Gasteiger partial charge on any atom is -0.481 e. The van der Waals surface area contributed by atoms with Crippen molar-refractivity contribution in [2.45, 2.75) is 57.5 Å². The van der Waals surface area contributed by atoms with E-state index < -0.39 is 18.0 Å². The van der Waals surface area contributed by atoms with Crippen LogP contribution in [0.15, 0.2) is 0 Å². The Balaban J connectivity index is 1.96. The highest BCUT2D eigenvalue weighted by molar-refractivity contribution is 5.84. The summed E-state index contributed by atoms with van der Waals surface area (Å²) in [6, 6.07) is 0. The molecule has 2 aliphatic carbocycles. The Hall–Kier alpha value is -0.900. The van der Waals surface area contributed by atoms with Crippen LogP contribution < -0.4 is 0 Å². The van der Waals surface area contributed by atoms with Crippen molar-refractivity contribution in [1.82, 2.24) is 0 Å². The van der Waals surface area contributed by atoms with Crippen LogP contribution in [0.4, 0.5) is 0 Å². The van der Waals surface area contributed by atoms with Crippen molar-refractivity contribution in [3.05, 3.63) is 0 Å². The molecule has 0 aromatic heterocycles. The second kappa shape index (κ2) is 5.83. The van der Waals surface area contributed by atoms with Gasteiger partial charge in [-0.15, -0.1) is 0 Å². The molecule has 4 nitrogen and oxygen atoms in total. The quantitative estimate of drug-likeness (QED) is 0.807. The molecule has 102 valence electrons. The maximum absolute atomic E-state index is 12.4. The number of Topliss-reactive ketones (excluding diaryl/α,β-unsaturated/α-hetero) is 1. The van der Waals surface area contributed by atoms with Crippen LogP contribution in [0.2, 0.25) is 0 Å². The fourth-order valence-corrected chi connectivity index (χ4v) is 3.40. The molecule has 0 heterocycles. The Bertz CT molecular complexity index is 320. The summed E-state index contributed by atoms with van der Waals surface area (Å²) in [5.41, 5.74) is 0. The van der Waals surface area contributed by atoms with E-state index in [9.17, 15) is 14.7 Å². The van der Waals surface area contributed by atoms with Gasteiger partial charge in [0.05, 0.1) is 12.0 Å². The van der Waals surface area contributed by atoms with Gasteiger partial charge in [0.2, 0.25) is 0 Å². The predicted molar refractivity (Wildman–Crippen MR) is 66.1 cm³/mol. The van der Waals surface area contributed by atoms with Crippen molar-refractivity contribution in [1.29, 1.82) is 0 Å². The third-order valence-corrected chi connectivity index (χ3v) is 4.54. The molecule has 3 atom stereocenters. The van der Waals surface area contributed by atoms with Crippen molar-refractivity contribution in [2.24, 2.45) is 17.8 Å². The predicted octanol–water partition coefficient (Wildman–Crippen LogP) is 2.00. The first-order valence-electron chi connectivity index (χ1n) is 7.04. The molecular weight excluding hydrogens is 232 g/mol. The van der Waals surface area contributed by atoms with Gasteiger partial charge < -0.3 is 10.2 Å². The lowest BCUT2D eigenvalue weighted by molar-refractivity contribution is -0.149. The van der Waals surface area contributed by atoms with E-state index in [1.807, 2.05) is 0 Å². The number of carboxylic acid groups (broad SMARTS) is 1. The van der Waals surface area contributed by atoms with Crippen LogP contribution in [0.25, 0.3) is 0 Å². The van der Waals surface area contributed by atoms with Gasteiger partial charge in [-0.05, 0) is 32.1 Å². The summed E-state index contributed by atoms with van der Waals surface area (Å²) >= 11 is 0. The van der Waals surface area contributed by atoms with Crippen LogP contribution in [0.3, 0.4) is 0 Å². The normalized spacial score (nSPS) is 34.2. The average Bonchev–Trinajstić information content (AvgIpc) is 2.39. The van der Waals surface area contributed by atoms with E-state index in [2.05, 4.69) is 0 Å². The van der Waals surface area contributed by atoms with Crippen LogP contribution in [0.1, 0.15) is 51.4 Å². The standard InChI is InChI=1S/C14H22O4/c15-12-7-6-10(8-11(12)14(17)18)13(16)9-4-2-1-3-5-9/h9-12,15H,1-8H2,(H,17,18). The number of aliphatic hydroxyl groups is 1. The van der Waals surface area contributed by atoms with Crippen LogP contribution in [0.5, 0.6) is 0 Å². The Labute approximate surface area is 107 Å². The summed E-state index contributed by atoms with van der Waals surface area (Å²) in [6.07, 6.45) is 6.03. The second-order valence-corrected chi connectivity index (χ2v) is 5.76. The minimum absolute atomic E-state index is 0.141. The second-order valence-electron chi connectivity index (χ2n) is 5.76. The largest absolute Gasteiger partial charge is 0.481 e. The van der Waals surface area contributed by atoms with E-state index in [0.717, 1.165) is 25.7 Å². The number of aliphatic hydroxyl groups excluding tert-OH is 1. The molecule has 2 rings (SSSR count). The molecule has 0 amide bonds. The molecule has 2 fully saturated rings. The third-order valence-electron chi connectivity index (χ3n) is 4.54. The Kier molecular flexibility index (Phi) is 4.38. The molecular formula is C14H22O4. The topological polar surface area (TPSA) is 74.6 Å². The van der Waals surface area contributed by atoms with Gasteiger partial charge in [-0.3, -0.25) is 9.59 Å². The highest BCUT2D eigenvalue weighted by atomic mass is 16.4. The van der Waals surface area contributed by atoms with Gasteiger partial charge in [-0.25, -0.2) is 0 Å². The number of aliphatic carboxylic acids is 1. The zero-order valence-corrected chi connectivity index (χ0v) is 10.7. The van der Waals surface area contributed by atoms with E-state index in [1.165, 1.54) is 6.42 Å². The Morgan fingerprint density at radius 1 is 0.889 bits per heavy atom. The Morgan fingerprint density at radius 2 is 1.56 bits per heavy atom. The van der Waals surface area contributed by atoms with Crippen molar-refractivity contribution in [3.63, 3.8) is 0 Å². The third kappa shape index (κ3) is 2.91. The zero-order valence-electron chi connectivity index (χ0n) is 10.7. The molecule has 18 heavy (non-hydrogen) atoms. The SMILES string of the molecule is O=C(C1CCCCC1)C1CCC(O)C(C(=O)O)C1. The van der Waals surface area contributed by atoms with Crippen LogP contribution in [0, 0.1) is 17.8 Å². The number of ketones is 1. The minimum atomic E-state index is -0.969. The molecule has 0 radical (unpaired) electrons. The number of carbonyl (C=O) groups is 2. The van der Waals surface area contributed by atoms with Gasteiger partial charge >= 0.3 is 5.97 Å². The molecule has 0 aliphatic heterocycles. The number of hydrogen-bond donors (Lipinski definition) is 2. The molecule has 0 saturated heterocycles. The van der Waals surface area contributed by atoms with Crippen molar-refractivity contribution in [3.8, 4) is 0 Å². The fraction of sp³-hybridized carbons (Fsp3) is 0.857. The van der Waals surface area contributed by atoms with Gasteiger partial charge in [0.25, 0.3) is 0 Å². The molecule has 2 aliphatic rings. The smallest absolute Gasteiger partial charge is 0.309 e. The molecule has 0 aromatic carbocycles. The first-order chi connectivity index (χ1) is 8.59. The van der Waals surface area contributed by atoms with Crippen LogP contribution in [-0.4, -0.2) is 28.1 Å². The number of rotatable bonds is 3. The van der Waals surface area contributed by atoms with Gasteiger partial charge in [-0.1, -0.05) is 19.3 Å². The maximum Gasteiger partial charge on any atom is 0.309 e. The zero-order chi connectivity index (χ0) is 13.1. The first-order valence-corrected chi connectivity index (χ1v) is 7.04. The molecule has 2 N–H and O–H groups in total. The van der Waals surface area contributed by atoms with E-state index in [0.29, 0.717) is 19.3 Å². The summed E-state index contributed by atoms with van der Waals surface area (Å²) in [5, 5.41) is 18.7. The van der Waals surface area contributed by atoms with E-state index in [4.69, 9.17) is 5.11 Å². The number of carboxylic acids is 1. The molecule has 3 unspecified atom stereocenters. The Morgan fingerprint density at radius 3 is 2.17 bits per heavy atom. The highest BCUT2D eigenvalue weighted by Crippen LogP contribution is 2.35. The van der Waals surface area contributed by atoms with E-state index in [-0.39, 0.29) is 17.6 Å². The van der Waals surface area contributed by atoms with Gasteiger partial charge in [0.1, 0.15) is 5.78 Å². The lowest BCUT2D eigenvalue weighted by Gasteiger charge is -2.32. The van der Waals surface area contributed by atoms with E-state index in [1.54, 1.807) is 0 Å². The van der Waals surface area contributed by atoms with Gasteiger partial charge in [-0.2, -0.15) is 0 Å². The first kappa shape index (κ1) is 13.5. The maximum atomic E-state index is 12.4. The summed E-state index contributed by atoms with van der Waals surface area (Å²) in [4.78, 5) is 23.4. The molecule has 4 heteroatoms. The van der Waals surface area contributed by atoms with Crippen molar-refractivity contribution >= 4 is 11.8 Å². The lowest BCUT2D eigenvalue weighted by atomic mass is 9.72. The summed E-state index contributed by atoms with van der Waals surface area (Å²) in [6.45, 7) is 0. The monoisotopic (exact) mass is 254 g/mol. The summed E-state index contributed by atoms with van der Waals surface area (Å²) in [5.74, 6) is -1.46. The lowest BCUT2D eigenvalue weighted by Crippen LogP contribution is -2.39. The number of carbonyl (C=O) groups excluding carboxylic acids is 1. The van der Waals surface area contributed by atoms with Gasteiger partial charge in [0, 0.05) is 11.8 Å². The molecule has 0 aromatic rings. The van der Waals surface area contributed by atoms with Crippen LogP contribution in [-0.2, 0) is 9.59 Å². The van der Waals surface area contributed by atoms with E-state index >= 15 is 0 Å². The van der Waals surface area contributed by atoms with Gasteiger partial charge in [0.15, 0.2) is 0 Å². The molecule has 0 bridgehead atoms. The summed E-state index contributed by atoms with van der Waals surface area (Å²) in [7, 11) is 0. The fourth-order valence-electron chi connectivity index (χ4n) is 3.40. The average molecular weight is 254 g/mol.